The van der Waals surface area contributed by atoms with Gasteiger partial charge in [0.1, 0.15) is 5.82 Å². The fraction of sp³-hybridized carbons (Fsp3) is 0.100. The quantitative estimate of drug-likeness (QED) is 0.255. The van der Waals surface area contributed by atoms with Gasteiger partial charge in [0, 0.05) is 17.1 Å². The molecule has 0 radical (unpaired) electrons. The van der Waals surface area contributed by atoms with Gasteiger partial charge in [0.05, 0.1) is 13.6 Å². The van der Waals surface area contributed by atoms with Crippen molar-refractivity contribution < 1.29 is 4.39 Å². The van der Waals surface area contributed by atoms with Crippen LogP contribution < -0.4 is 5.19 Å². The van der Waals surface area contributed by atoms with Gasteiger partial charge in [0.15, 0.2) is 0 Å². The van der Waals surface area contributed by atoms with Crippen LogP contribution in [0.4, 0.5) is 4.39 Å². The van der Waals surface area contributed by atoms with Gasteiger partial charge in [0.2, 0.25) is 0 Å². The van der Waals surface area contributed by atoms with E-state index in [1.807, 2.05) is 6.20 Å². The number of hydrogen-bond donors (Lipinski definition) is 0. The van der Waals surface area contributed by atoms with Crippen LogP contribution in [-0.2, 0) is 0 Å². The summed E-state index contributed by atoms with van der Waals surface area (Å²) >= 11 is 0. The summed E-state index contributed by atoms with van der Waals surface area (Å²) in [4.78, 5) is 4.70. The van der Waals surface area contributed by atoms with Gasteiger partial charge in [-0.05, 0) is 52.1 Å². The Morgan fingerprint density at radius 3 is 1.64 bits per heavy atom. The van der Waals surface area contributed by atoms with Gasteiger partial charge in [-0.1, -0.05) is 97.6 Å². The van der Waals surface area contributed by atoms with E-state index in [9.17, 15) is 4.39 Å². The largest absolute Gasteiger partial charge is 0.256 e. The Hall–Kier alpha value is -3.56. The molecule has 0 spiro atoms. The third kappa shape index (κ3) is 4.50. The van der Waals surface area contributed by atoms with E-state index >= 15 is 0 Å². The van der Waals surface area contributed by atoms with E-state index in [-0.39, 0.29) is 5.82 Å². The Labute approximate surface area is 195 Å². The van der Waals surface area contributed by atoms with E-state index in [0.29, 0.717) is 0 Å². The smallest absolute Gasteiger partial charge is 0.123 e. The zero-order chi connectivity index (χ0) is 23.0. The van der Waals surface area contributed by atoms with Gasteiger partial charge in [-0.25, -0.2) is 4.39 Å². The molecule has 0 atom stereocenters. The van der Waals surface area contributed by atoms with Crippen molar-refractivity contribution in [3.8, 4) is 33.4 Å². The highest BCUT2D eigenvalue weighted by Gasteiger charge is 2.15. The molecule has 0 amide bonds. The first kappa shape index (κ1) is 21.3. The molecule has 1 nitrogen and oxygen atoms in total. The topological polar surface area (TPSA) is 12.9 Å². The molecule has 4 aromatic carbocycles. The molecule has 5 rings (SSSR count). The maximum absolute atomic E-state index is 13.2. The van der Waals surface area contributed by atoms with Crippen molar-refractivity contribution in [2.75, 3.05) is 0 Å². The predicted molar refractivity (Wildman–Crippen MR) is 141 cm³/mol. The SMILES string of the molecule is C[Si](C)(C)c1ccc(-c2ccc(-c3cnc4cc(-c5ccc(F)cc5)ccc4c3)cc2)cc1. The molecule has 1 aromatic heterocycles. The van der Waals surface area contributed by atoms with E-state index in [4.69, 9.17) is 4.98 Å². The molecule has 162 valence electrons. The van der Waals surface area contributed by atoms with Gasteiger partial charge in [-0.3, -0.25) is 4.98 Å². The first-order chi connectivity index (χ1) is 15.9. The molecule has 1 heterocycles. The molecule has 0 saturated heterocycles. The molecule has 0 aliphatic carbocycles. The summed E-state index contributed by atoms with van der Waals surface area (Å²) < 4.78 is 13.2. The standard InChI is InChI=1S/C30H26FNSi/c1-33(2,3)29-16-12-22(13-17-29)21-4-6-24(7-5-21)27-18-26-9-8-25(19-30(26)32-20-27)23-10-14-28(31)15-11-23/h4-20H,1-3H3. The third-order valence-electron chi connectivity index (χ3n) is 6.16. The fourth-order valence-corrected chi connectivity index (χ4v) is 5.29. The lowest BCUT2D eigenvalue weighted by atomic mass is 9.99. The van der Waals surface area contributed by atoms with E-state index in [2.05, 4.69) is 92.4 Å². The summed E-state index contributed by atoms with van der Waals surface area (Å²) in [6.45, 7) is 7.12. The highest BCUT2D eigenvalue weighted by molar-refractivity contribution is 6.88. The van der Waals surface area contributed by atoms with Crippen LogP contribution in [0.5, 0.6) is 0 Å². The normalized spacial score (nSPS) is 11.6. The van der Waals surface area contributed by atoms with Crippen LogP contribution in [0.3, 0.4) is 0 Å². The van der Waals surface area contributed by atoms with Gasteiger partial charge in [-0.2, -0.15) is 0 Å². The molecule has 3 heteroatoms. The Morgan fingerprint density at radius 2 is 1.03 bits per heavy atom. The maximum atomic E-state index is 13.2. The second kappa shape index (κ2) is 8.42. The molecule has 33 heavy (non-hydrogen) atoms. The average molecular weight is 448 g/mol. The average Bonchev–Trinajstić information content (AvgIpc) is 2.83. The third-order valence-corrected chi connectivity index (χ3v) is 8.23. The molecule has 0 aliphatic heterocycles. The number of hydrogen-bond acceptors (Lipinski definition) is 1. The first-order valence-corrected chi connectivity index (χ1v) is 14.7. The number of fused-ring (bicyclic) bond motifs is 1. The van der Waals surface area contributed by atoms with Crippen LogP contribution in [0.1, 0.15) is 0 Å². The van der Waals surface area contributed by atoms with Crippen molar-refractivity contribution in [3.63, 3.8) is 0 Å². The Kier molecular flexibility index (Phi) is 5.43. The van der Waals surface area contributed by atoms with Crippen LogP contribution in [0.15, 0.2) is 103 Å². The van der Waals surface area contributed by atoms with Gasteiger partial charge in [-0.15, -0.1) is 0 Å². The minimum atomic E-state index is -1.28. The lowest BCUT2D eigenvalue weighted by Crippen LogP contribution is -2.37. The predicted octanol–water partition coefficient (Wildman–Crippen LogP) is 7.92. The first-order valence-electron chi connectivity index (χ1n) is 11.2. The van der Waals surface area contributed by atoms with Crippen molar-refractivity contribution in [3.05, 3.63) is 109 Å². The van der Waals surface area contributed by atoms with Crippen LogP contribution >= 0.6 is 0 Å². The summed E-state index contributed by atoms with van der Waals surface area (Å²) in [6.07, 6.45) is 1.93. The number of nitrogens with zero attached hydrogens (tertiary/aromatic N) is 1. The molecular formula is C30H26FNSi. The Morgan fingerprint density at radius 1 is 0.545 bits per heavy atom. The van der Waals surface area contributed by atoms with Gasteiger partial charge < -0.3 is 0 Å². The van der Waals surface area contributed by atoms with Crippen LogP contribution in [0, 0.1) is 5.82 Å². The van der Waals surface area contributed by atoms with Crippen molar-refractivity contribution in [2.24, 2.45) is 0 Å². The van der Waals surface area contributed by atoms with E-state index in [1.165, 1.54) is 28.4 Å². The van der Waals surface area contributed by atoms with Crippen LogP contribution in [0.25, 0.3) is 44.3 Å². The molecule has 0 fully saturated rings. The molecule has 0 N–H and O–H groups in total. The highest BCUT2D eigenvalue weighted by Crippen LogP contribution is 2.29. The number of halogens is 1. The summed E-state index contributed by atoms with van der Waals surface area (Å²) in [5, 5.41) is 2.57. The van der Waals surface area contributed by atoms with Crippen molar-refractivity contribution in [1.29, 1.82) is 0 Å². The van der Waals surface area contributed by atoms with Crippen LogP contribution in [0.2, 0.25) is 19.6 Å². The summed E-state index contributed by atoms with van der Waals surface area (Å²) in [7, 11) is -1.28. The van der Waals surface area contributed by atoms with E-state index < -0.39 is 8.07 Å². The van der Waals surface area contributed by atoms with Crippen molar-refractivity contribution in [1.82, 2.24) is 4.98 Å². The zero-order valence-electron chi connectivity index (χ0n) is 19.1. The zero-order valence-corrected chi connectivity index (χ0v) is 20.1. The summed E-state index contributed by atoms with van der Waals surface area (Å²) in [5.41, 5.74) is 7.66. The van der Waals surface area contributed by atoms with Crippen molar-refractivity contribution >= 4 is 24.2 Å². The summed E-state index contributed by atoms with van der Waals surface area (Å²) in [6, 6.07) is 32.7. The highest BCUT2D eigenvalue weighted by atomic mass is 28.3. The monoisotopic (exact) mass is 447 g/mol. The number of aromatic nitrogens is 1. The Bertz CT molecular complexity index is 1410. The molecule has 0 aliphatic rings. The van der Waals surface area contributed by atoms with Crippen LogP contribution in [-0.4, -0.2) is 13.1 Å². The minimum Gasteiger partial charge on any atom is -0.256 e. The lowest BCUT2D eigenvalue weighted by molar-refractivity contribution is 0.628. The van der Waals surface area contributed by atoms with E-state index in [0.717, 1.165) is 33.2 Å². The van der Waals surface area contributed by atoms with Gasteiger partial charge in [0.25, 0.3) is 0 Å². The molecule has 5 aromatic rings. The molecule has 0 unspecified atom stereocenters. The molecule has 0 bridgehead atoms. The molecule has 0 saturated carbocycles. The van der Waals surface area contributed by atoms with E-state index in [1.54, 1.807) is 12.1 Å². The van der Waals surface area contributed by atoms with Gasteiger partial charge >= 0.3 is 0 Å². The minimum absolute atomic E-state index is 0.225. The number of benzene rings is 4. The maximum Gasteiger partial charge on any atom is 0.123 e. The number of rotatable bonds is 4. The van der Waals surface area contributed by atoms with Crippen molar-refractivity contribution in [2.45, 2.75) is 19.6 Å². The lowest BCUT2D eigenvalue weighted by Gasteiger charge is -2.16. The number of pyridine rings is 1. The Balaban J connectivity index is 1.40. The summed E-state index contributed by atoms with van der Waals surface area (Å²) in [5.74, 6) is -0.225. The second-order valence-corrected chi connectivity index (χ2v) is 14.6. The molecular weight excluding hydrogens is 421 g/mol. The second-order valence-electron chi connectivity index (χ2n) is 9.54. The fourth-order valence-electron chi connectivity index (χ4n) is 4.12.